The van der Waals surface area contributed by atoms with Gasteiger partial charge in [0, 0.05) is 13.1 Å². The van der Waals surface area contributed by atoms with Gasteiger partial charge in [0.2, 0.25) is 5.91 Å². The van der Waals surface area contributed by atoms with E-state index in [1.165, 1.54) is 4.90 Å². The lowest BCUT2D eigenvalue weighted by molar-refractivity contribution is -0.156. The Morgan fingerprint density at radius 1 is 1.07 bits per heavy atom. The van der Waals surface area contributed by atoms with Gasteiger partial charge in [0.15, 0.2) is 0 Å². The van der Waals surface area contributed by atoms with Gasteiger partial charge in [-0.05, 0) is 24.0 Å². The van der Waals surface area contributed by atoms with Gasteiger partial charge in [0.25, 0.3) is 0 Å². The summed E-state index contributed by atoms with van der Waals surface area (Å²) in [5.41, 5.74) is 2.17. The van der Waals surface area contributed by atoms with Crippen LogP contribution in [0.25, 0.3) is 5.57 Å². The molecule has 1 aromatic rings. The van der Waals surface area contributed by atoms with Gasteiger partial charge in [0.05, 0.1) is 18.6 Å². The van der Waals surface area contributed by atoms with Crippen LogP contribution < -0.4 is 0 Å². The molecule has 8 heteroatoms. The number of carbonyl (C=O) groups excluding carboxylic acids is 1. The molecule has 2 amide bonds. The topological polar surface area (TPSA) is 118 Å². The summed E-state index contributed by atoms with van der Waals surface area (Å²) >= 11 is 0. The van der Waals surface area contributed by atoms with E-state index in [4.69, 9.17) is 0 Å². The number of carboxylic acids is 1. The first-order valence-corrected chi connectivity index (χ1v) is 8.82. The summed E-state index contributed by atoms with van der Waals surface area (Å²) in [6.45, 7) is 0.411. The van der Waals surface area contributed by atoms with Crippen LogP contribution in [0.4, 0.5) is 4.79 Å². The fourth-order valence-corrected chi connectivity index (χ4v) is 3.76. The molecule has 1 aromatic carbocycles. The van der Waals surface area contributed by atoms with Crippen molar-refractivity contribution in [3.05, 3.63) is 42.0 Å². The predicted molar refractivity (Wildman–Crippen MR) is 95.9 cm³/mol. The number of piperidine rings is 1. The van der Waals surface area contributed by atoms with E-state index in [9.17, 15) is 29.7 Å². The zero-order valence-corrected chi connectivity index (χ0v) is 14.7. The van der Waals surface area contributed by atoms with Gasteiger partial charge in [-0.3, -0.25) is 14.5 Å². The number of rotatable bonds is 3. The van der Waals surface area contributed by atoms with Crippen molar-refractivity contribution in [1.82, 2.24) is 9.80 Å². The summed E-state index contributed by atoms with van der Waals surface area (Å²) in [4.78, 5) is 38.4. The molecule has 1 fully saturated rings. The van der Waals surface area contributed by atoms with Crippen molar-refractivity contribution >= 4 is 23.5 Å². The van der Waals surface area contributed by atoms with Gasteiger partial charge < -0.3 is 20.2 Å². The van der Waals surface area contributed by atoms with E-state index in [0.29, 0.717) is 19.5 Å². The lowest BCUT2D eigenvalue weighted by atomic mass is 9.86. The van der Waals surface area contributed by atoms with Crippen LogP contribution in [-0.4, -0.2) is 74.9 Å². The van der Waals surface area contributed by atoms with E-state index in [0.717, 1.165) is 16.0 Å². The number of carbonyl (C=O) groups is 3. The molecule has 3 N–H and O–H groups in total. The summed E-state index contributed by atoms with van der Waals surface area (Å²) in [5.74, 6) is -3.08. The van der Waals surface area contributed by atoms with Crippen molar-refractivity contribution in [2.24, 2.45) is 5.92 Å². The summed E-state index contributed by atoms with van der Waals surface area (Å²) in [6.07, 6.45) is -0.132. The number of aliphatic hydroxyl groups is 1. The fourth-order valence-electron chi connectivity index (χ4n) is 3.76. The Morgan fingerprint density at radius 3 is 2.33 bits per heavy atom. The van der Waals surface area contributed by atoms with E-state index in [1.54, 1.807) is 0 Å². The molecule has 0 radical (unpaired) electrons. The Hall–Kier alpha value is -2.87. The van der Waals surface area contributed by atoms with Crippen LogP contribution in [0, 0.1) is 5.92 Å². The first-order valence-electron chi connectivity index (χ1n) is 8.82. The SMILES string of the molecule is O=C(O)[C@H]1C[C@@H](O)CN(C(=O)O)[C@@H]1C(=O)N1CC=C(c2ccccc2)CC1. The first-order chi connectivity index (χ1) is 12.9. The van der Waals surface area contributed by atoms with E-state index < -0.39 is 36.0 Å². The number of hydrogen-bond donors (Lipinski definition) is 3. The third-order valence-electron chi connectivity index (χ3n) is 5.13. The molecule has 0 bridgehead atoms. The highest BCUT2D eigenvalue weighted by Gasteiger charge is 2.47. The van der Waals surface area contributed by atoms with Gasteiger partial charge in [-0.25, -0.2) is 4.79 Å². The third kappa shape index (κ3) is 3.95. The third-order valence-corrected chi connectivity index (χ3v) is 5.13. The Balaban J connectivity index is 1.79. The quantitative estimate of drug-likeness (QED) is 0.730. The van der Waals surface area contributed by atoms with E-state index in [1.807, 2.05) is 36.4 Å². The predicted octanol–water partition coefficient (Wildman–Crippen LogP) is 1.12. The lowest BCUT2D eigenvalue weighted by Gasteiger charge is -2.41. The largest absolute Gasteiger partial charge is 0.481 e. The number of hydrogen-bond acceptors (Lipinski definition) is 4. The summed E-state index contributed by atoms with van der Waals surface area (Å²) in [5, 5.41) is 28.7. The maximum Gasteiger partial charge on any atom is 0.408 e. The summed E-state index contributed by atoms with van der Waals surface area (Å²) in [6, 6.07) is 8.44. The van der Waals surface area contributed by atoms with Gasteiger partial charge in [-0.1, -0.05) is 36.4 Å². The molecular formula is C19H22N2O6. The minimum Gasteiger partial charge on any atom is -0.481 e. The van der Waals surface area contributed by atoms with Gasteiger partial charge in [-0.2, -0.15) is 0 Å². The van der Waals surface area contributed by atoms with E-state index in [-0.39, 0.29) is 13.0 Å². The minimum absolute atomic E-state index is 0.144. The average Bonchev–Trinajstić information content (AvgIpc) is 2.67. The smallest absolute Gasteiger partial charge is 0.408 e. The second-order valence-corrected chi connectivity index (χ2v) is 6.84. The molecule has 27 heavy (non-hydrogen) atoms. The normalized spacial score (nSPS) is 25.7. The second-order valence-electron chi connectivity index (χ2n) is 6.84. The molecule has 0 aliphatic carbocycles. The minimum atomic E-state index is -1.41. The number of carboxylic acid groups (broad SMARTS) is 2. The molecule has 0 aromatic heterocycles. The van der Waals surface area contributed by atoms with Crippen LogP contribution in [-0.2, 0) is 9.59 Å². The number of β-amino-alcohol motifs (C(OH)–C–C–N with tert-alkyl or cyclic N) is 1. The van der Waals surface area contributed by atoms with Crippen molar-refractivity contribution in [3.63, 3.8) is 0 Å². The van der Waals surface area contributed by atoms with Crippen molar-refractivity contribution in [2.45, 2.75) is 25.0 Å². The molecule has 2 aliphatic heterocycles. The van der Waals surface area contributed by atoms with Crippen molar-refractivity contribution in [2.75, 3.05) is 19.6 Å². The summed E-state index contributed by atoms with van der Waals surface area (Å²) in [7, 11) is 0. The maximum absolute atomic E-state index is 13.0. The molecule has 0 saturated carbocycles. The van der Waals surface area contributed by atoms with Crippen LogP contribution >= 0.6 is 0 Å². The molecule has 2 heterocycles. The van der Waals surface area contributed by atoms with Gasteiger partial charge >= 0.3 is 12.1 Å². The van der Waals surface area contributed by atoms with Crippen LogP contribution in [0.5, 0.6) is 0 Å². The number of aliphatic carboxylic acids is 1. The van der Waals surface area contributed by atoms with Crippen LogP contribution in [0.15, 0.2) is 36.4 Å². The second kappa shape index (κ2) is 7.79. The highest BCUT2D eigenvalue weighted by molar-refractivity contribution is 5.91. The highest BCUT2D eigenvalue weighted by Crippen LogP contribution is 2.28. The number of amides is 2. The Morgan fingerprint density at radius 2 is 1.78 bits per heavy atom. The van der Waals surface area contributed by atoms with Crippen LogP contribution in [0.2, 0.25) is 0 Å². The average molecular weight is 374 g/mol. The van der Waals surface area contributed by atoms with Gasteiger partial charge in [0.1, 0.15) is 6.04 Å². The monoisotopic (exact) mass is 374 g/mol. The zero-order valence-electron chi connectivity index (χ0n) is 14.7. The van der Waals surface area contributed by atoms with Crippen LogP contribution in [0.1, 0.15) is 18.4 Å². The van der Waals surface area contributed by atoms with E-state index >= 15 is 0 Å². The lowest BCUT2D eigenvalue weighted by Crippen LogP contribution is -2.61. The number of aliphatic hydroxyl groups excluding tert-OH is 1. The van der Waals surface area contributed by atoms with Crippen molar-refractivity contribution < 1.29 is 29.7 Å². The number of nitrogens with zero attached hydrogens (tertiary/aromatic N) is 2. The standard InChI is InChI=1S/C19H22N2O6/c22-14-10-15(18(24)25)16(21(11-14)19(26)27)17(23)20-8-6-13(7-9-20)12-4-2-1-3-5-12/h1-6,14-16,22H,7-11H2,(H,24,25)(H,26,27)/t14-,15+,16+/m1/s1. The van der Waals surface area contributed by atoms with Crippen molar-refractivity contribution in [3.8, 4) is 0 Å². The first kappa shape index (κ1) is 18.9. The molecule has 3 atom stereocenters. The van der Waals surface area contributed by atoms with Crippen LogP contribution in [0.3, 0.4) is 0 Å². The fraction of sp³-hybridized carbons (Fsp3) is 0.421. The summed E-state index contributed by atoms with van der Waals surface area (Å²) < 4.78 is 0. The molecule has 1 saturated heterocycles. The highest BCUT2D eigenvalue weighted by atomic mass is 16.4. The number of likely N-dealkylation sites (tertiary alicyclic amines) is 1. The zero-order chi connectivity index (χ0) is 19.6. The molecule has 2 aliphatic rings. The molecular weight excluding hydrogens is 352 g/mol. The molecule has 0 unspecified atom stereocenters. The molecule has 0 spiro atoms. The van der Waals surface area contributed by atoms with Gasteiger partial charge in [-0.15, -0.1) is 0 Å². The molecule has 8 nitrogen and oxygen atoms in total. The van der Waals surface area contributed by atoms with Crippen molar-refractivity contribution in [1.29, 1.82) is 0 Å². The molecule has 144 valence electrons. The molecule has 3 rings (SSSR count). The maximum atomic E-state index is 13.0. The van der Waals surface area contributed by atoms with E-state index in [2.05, 4.69) is 0 Å². The number of benzene rings is 1. The Labute approximate surface area is 156 Å². The Kier molecular flexibility index (Phi) is 5.46. The Bertz CT molecular complexity index is 739.